The van der Waals surface area contributed by atoms with Gasteiger partial charge in [0.2, 0.25) is 11.8 Å². The lowest BCUT2D eigenvalue weighted by molar-refractivity contribution is -0.138. The Morgan fingerprint density at radius 1 is 1.04 bits per heavy atom. The minimum absolute atomic E-state index is 0.0726. The van der Waals surface area contributed by atoms with Crippen molar-refractivity contribution in [3.05, 3.63) is 35.9 Å². The molecule has 4 heteroatoms. The molecule has 0 heterocycles. The lowest BCUT2D eigenvalue weighted by Crippen LogP contribution is -2.39. The van der Waals surface area contributed by atoms with E-state index < -0.39 is 0 Å². The normalized spacial score (nSPS) is 20.1. The highest BCUT2D eigenvalue weighted by Crippen LogP contribution is 2.30. The van der Waals surface area contributed by atoms with E-state index in [0.29, 0.717) is 6.54 Å². The van der Waals surface area contributed by atoms with E-state index in [1.54, 1.807) is 0 Å². The molecule has 0 radical (unpaired) electrons. The zero-order chi connectivity index (χ0) is 18.1. The Bertz CT molecular complexity index is 536. The molecule has 4 nitrogen and oxygen atoms in total. The van der Waals surface area contributed by atoms with Crippen LogP contribution in [0.4, 0.5) is 0 Å². The van der Waals surface area contributed by atoms with Gasteiger partial charge in [-0.3, -0.25) is 9.59 Å². The van der Waals surface area contributed by atoms with Gasteiger partial charge in [0.25, 0.3) is 0 Å². The van der Waals surface area contributed by atoms with Gasteiger partial charge in [0.15, 0.2) is 0 Å². The fraction of sp³-hybridized carbons (Fsp3) is 0.619. The molecule has 1 aliphatic carbocycles. The molecule has 2 rings (SSSR count). The van der Waals surface area contributed by atoms with Crippen LogP contribution in [0.5, 0.6) is 0 Å². The molecule has 0 aromatic heterocycles. The summed E-state index contributed by atoms with van der Waals surface area (Å²) in [6.45, 7) is 6.33. The van der Waals surface area contributed by atoms with E-state index >= 15 is 0 Å². The van der Waals surface area contributed by atoms with Crippen molar-refractivity contribution >= 4 is 11.8 Å². The maximum absolute atomic E-state index is 12.8. The minimum atomic E-state index is 0.0726. The second-order valence-electron chi connectivity index (χ2n) is 7.03. The fourth-order valence-electron chi connectivity index (χ4n) is 3.54. The van der Waals surface area contributed by atoms with Gasteiger partial charge in [0, 0.05) is 31.5 Å². The average molecular weight is 344 g/mol. The zero-order valence-electron chi connectivity index (χ0n) is 15.7. The van der Waals surface area contributed by atoms with Crippen LogP contribution in [-0.4, -0.2) is 29.8 Å². The van der Waals surface area contributed by atoms with Crippen molar-refractivity contribution in [2.24, 2.45) is 11.8 Å². The lowest BCUT2D eigenvalue weighted by Gasteiger charge is -2.31. The lowest BCUT2D eigenvalue weighted by atomic mass is 9.81. The Balaban J connectivity index is 1.82. The molecule has 1 N–H and O–H groups in total. The third-order valence-corrected chi connectivity index (χ3v) is 5.19. The zero-order valence-corrected chi connectivity index (χ0v) is 15.7. The monoisotopic (exact) mass is 344 g/mol. The number of nitrogens with one attached hydrogen (secondary N) is 1. The number of rotatable bonds is 8. The number of benzene rings is 1. The molecule has 0 spiro atoms. The topological polar surface area (TPSA) is 49.4 Å². The first-order chi connectivity index (χ1) is 12.2. The molecular weight excluding hydrogens is 312 g/mol. The first-order valence-electron chi connectivity index (χ1n) is 9.76. The maximum Gasteiger partial charge on any atom is 0.225 e. The first kappa shape index (κ1) is 19.5. The Labute approximate surface area is 152 Å². The van der Waals surface area contributed by atoms with Gasteiger partial charge in [-0.25, -0.2) is 0 Å². The van der Waals surface area contributed by atoms with Crippen LogP contribution in [0.1, 0.15) is 57.9 Å². The first-order valence-corrected chi connectivity index (χ1v) is 9.76. The Hall–Kier alpha value is -1.84. The van der Waals surface area contributed by atoms with Crippen LogP contribution in [0.3, 0.4) is 0 Å². The van der Waals surface area contributed by atoms with Crippen LogP contribution in [-0.2, 0) is 16.1 Å². The van der Waals surface area contributed by atoms with E-state index in [0.717, 1.165) is 51.6 Å². The van der Waals surface area contributed by atoms with Crippen LogP contribution < -0.4 is 5.32 Å². The summed E-state index contributed by atoms with van der Waals surface area (Å²) in [7, 11) is 0. The predicted molar refractivity (Wildman–Crippen MR) is 101 cm³/mol. The third kappa shape index (κ3) is 5.87. The van der Waals surface area contributed by atoms with Gasteiger partial charge in [0.1, 0.15) is 0 Å². The van der Waals surface area contributed by atoms with Crippen LogP contribution in [0.15, 0.2) is 30.3 Å². The summed E-state index contributed by atoms with van der Waals surface area (Å²) in [4.78, 5) is 27.0. The maximum atomic E-state index is 12.8. The molecule has 25 heavy (non-hydrogen) atoms. The summed E-state index contributed by atoms with van der Waals surface area (Å²) in [5.74, 6) is 0.584. The molecular formula is C21H32N2O2. The SMILES string of the molecule is CCCCNC(=O)C1CCC(C(=O)N(CC)Cc2ccccc2)CC1. The number of hydrogen-bond acceptors (Lipinski definition) is 2. The molecule has 0 saturated heterocycles. The minimum Gasteiger partial charge on any atom is -0.356 e. The summed E-state index contributed by atoms with van der Waals surface area (Å²) in [6, 6.07) is 10.1. The molecule has 0 bridgehead atoms. The van der Waals surface area contributed by atoms with Crippen molar-refractivity contribution in [3.8, 4) is 0 Å². The summed E-state index contributed by atoms with van der Waals surface area (Å²) < 4.78 is 0. The van der Waals surface area contributed by atoms with Crippen molar-refractivity contribution in [3.63, 3.8) is 0 Å². The number of hydrogen-bond donors (Lipinski definition) is 1. The van der Waals surface area contributed by atoms with Crippen molar-refractivity contribution in [1.29, 1.82) is 0 Å². The number of carbonyl (C=O) groups is 2. The molecule has 0 aliphatic heterocycles. The number of nitrogens with zero attached hydrogens (tertiary/aromatic N) is 1. The highest BCUT2D eigenvalue weighted by molar-refractivity contribution is 5.81. The van der Waals surface area contributed by atoms with Crippen molar-refractivity contribution in [2.45, 2.75) is 58.9 Å². The van der Waals surface area contributed by atoms with Crippen molar-refractivity contribution < 1.29 is 9.59 Å². The Morgan fingerprint density at radius 3 is 2.28 bits per heavy atom. The average Bonchev–Trinajstić information content (AvgIpc) is 2.66. The van der Waals surface area contributed by atoms with E-state index in [2.05, 4.69) is 24.4 Å². The predicted octanol–water partition coefficient (Wildman–Crippen LogP) is 3.76. The van der Waals surface area contributed by atoms with Crippen LogP contribution in [0, 0.1) is 11.8 Å². The van der Waals surface area contributed by atoms with E-state index in [-0.39, 0.29) is 23.7 Å². The highest BCUT2D eigenvalue weighted by Gasteiger charge is 2.31. The molecule has 0 atom stereocenters. The van der Waals surface area contributed by atoms with Gasteiger partial charge in [-0.15, -0.1) is 0 Å². The molecule has 0 unspecified atom stereocenters. The summed E-state index contributed by atoms with van der Waals surface area (Å²) in [5, 5.41) is 3.03. The van der Waals surface area contributed by atoms with Crippen LogP contribution >= 0.6 is 0 Å². The summed E-state index contributed by atoms with van der Waals surface area (Å²) in [6.07, 6.45) is 5.45. The van der Waals surface area contributed by atoms with Gasteiger partial charge in [-0.2, -0.15) is 0 Å². The van der Waals surface area contributed by atoms with Gasteiger partial charge in [0.05, 0.1) is 0 Å². The second kappa shape index (κ2) is 10.2. The van der Waals surface area contributed by atoms with Crippen LogP contribution in [0.25, 0.3) is 0 Å². The number of amides is 2. The summed E-state index contributed by atoms with van der Waals surface area (Å²) in [5.41, 5.74) is 1.17. The van der Waals surface area contributed by atoms with Crippen molar-refractivity contribution in [1.82, 2.24) is 10.2 Å². The second-order valence-corrected chi connectivity index (χ2v) is 7.03. The van der Waals surface area contributed by atoms with E-state index in [1.807, 2.05) is 30.0 Å². The molecule has 2 amide bonds. The standard InChI is InChI=1S/C21H32N2O2/c1-3-5-15-22-20(24)18-11-13-19(14-12-18)21(25)23(4-2)16-17-9-7-6-8-10-17/h6-10,18-19H,3-5,11-16H2,1-2H3,(H,22,24). The van der Waals surface area contributed by atoms with Gasteiger partial charge < -0.3 is 10.2 Å². The third-order valence-electron chi connectivity index (χ3n) is 5.19. The highest BCUT2D eigenvalue weighted by atomic mass is 16.2. The van der Waals surface area contributed by atoms with Gasteiger partial charge in [-0.05, 0) is 44.6 Å². The largest absolute Gasteiger partial charge is 0.356 e. The van der Waals surface area contributed by atoms with E-state index in [9.17, 15) is 9.59 Å². The Kier molecular flexibility index (Phi) is 7.96. The number of unbranched alkanes of at least 4 members (excludes halogenated alkanes) is 1. The molecule has 1 saturated carbocycles. The Morgan fingerprint density at radius 2 is 1.68 bits per heavy atom. The van der Waals surface area contributed by atoms with Crippen LogP contribution in [0.2, 0.25) is 0 Å². The molecule has 1 aliphatic rings. The number of carbonyl (C=O) groups excluding carboxylic acids is 2. The molecule has 138 valence electrons. The van der Waals surface area contributed by atoms with Gasteiger partial charge >= 0.3 is 0 Å². The van der Waals surface area contributed by atoms with Crippen molar-refractivity contribution in [2.75, 3.05) is 13.1 Å². The smallest absolute Gasteiger partial charge is 0.225 e. The fourth-order valence-corrected chi connectivity index (χ4v) is 3.54. The van der Waals surface area contributed by atoms with Gasteiger partial charge in [-0.1, -0.05) is 43.7 Å². The van der Waals surface area contributed by atoms with E-state index in [4.69, 9.17) is 0 Å². The molecule has 1 fully saturated rings. The molecule has 1 aromatic rings. The van der Waals surface area contributed by atoms with E-state index in [1.165, 1.54) is 5.56 Å². The quantitative estimate of drug-likeness (QED) is 0.730. The molecule has 1 aromatic carbocycles. The summed E-state index contributed by atoms with van der Waals surface area (Å²) >= 11 is 0.